The Labute approximate surface area is 110 Å². The molecule has 2 rings (SSSR count). The maximum atomic E-state index is 11.3. The smallest absolute Gasteiger partial charge is 0.238 e. The SMILES string of the molecule is CCc1c[nH]c(=S)n1-c1cccc(S(N)(=O)=O)c1. The summed E-state index contributed by atoms with van der Waals surface area (Å²) in [5.41, 5.74) is 1.66. The fourth-order valence-corrected chi connectivity index (χ4v) is 2.58. The van der Waals surface area contributed by atoms with Crippen LogP contribution in [0.1, 0.15) is 12.6 Å². The molecule has 2 aromatic rings. The summed E-state index contributed by atoms with van der Waals surface area (Å²) < 4.78 is 25.0. The van der Waals surface area contributed by atoms with E-state index < -0.39 is 10.0 Å². The summed E-state index contributed by atoms with van der Waals surface area (Å²) in [6, 6.07) is 6.40. The third kappa shape index (κ3) is 2.38. The lowest BCUT2D eigenvalue weighted by Crippen LogP contribution is -2.12. The Morgan fingerprint density at radius 2 is 2.17 bits per heavy atom. The molecule has 1 heterocycles. The zero-order chi connectivity index (χ0) is 13.3. The van der Waals surface area contributed by atoms with Crippen molar-refractivity contribution in [3.8, 4) is 5.69 Å². The third-order valence-electron chi connectivity index (χ3n) is 2.62. The maximum absolute atomic E-state index is 11.3. The number of aryl methyl sites for hydroxylation is 1. The standard InChI is InChI=1S/C11H13N3O2S2/c1-2-8-7-13-11(17)14(8)9-4-3-5-10(6-9)18(12,15)16/h3-7H,2H2,1H3,(H,13,17)(H2,12,15,16). The number of nitrogens with one attached hydrogen (secondary N) is 1. The molecule has 0 radical (unpaired) electrons. The van der Waals surface area contributed by atoms with E-state index in [0.29, 0.717) is 10.5 Å². The Balaban J connectivity index is 2.65. The van der Waals surface area contributed by atoms with Gasteiger partial charge in [0.05, 0.1) is 4.90 Å². The van der Waals surface area contributed by atoms with Gasteiger partial charge in [-0.2, -0.15) is 0 Å². The predicted octanol–water partition coefficient (Wildman–Crippen LogP) is 1.74. The van der Waals surface area contributed by atoms with Crippen LogP contribution in [0.2, 0.25) is 0 Å². The molecule has 0 aliphatic heterocycles. The summed E-state index contributed by atoms with van der Waals surface area (Å²) in [5.74, 6) is 0. The molecular weight excluding hydrogens is 270 g/mol. The first-order chi connectivity index (χ1) is 8.43. The molecular formula is C11H13N3O2S2. The number of hydrogen-bond donors (Lipinski definition) is 2. The van der Waals surface area contributed by atoms with Gasteiger partial charge in [-0.25, -0.2) is 13.6 Å². The number of primary sulfonamides is 1. The van der Waals surface area contributed by atoms with E-state index in [1.54, 1.807) is 16.7 Å². The van der Waals surface area contributed by atoms with Gasteiger partial charge in [-0.1, -0.05) is 13.0 Å². The molecule has 0 unspecified atom stereocenters. The van der Waals surface area contributed by atoms with Gasteiger partial charge >= 0.3 is 0 Å². The minimum atomic E-state index is -3.71. The number of H-pyrrole nitrogens is 1. The van der Waals surface area contributed by atoms with Gasteiger partial charge < -0.3 is 4.98 Å². The first-order valence-corrected chi connectivity index (χ1v) is 7.31. The number of hydrogen-bond acceptors (Lipinski definition) is 3. The number of rotatable bonds is 3. The van der Waals surface area contributed by atoms with Crippen molar-refractivity contribution in [3.63, 3.8) is 0 Å². The lowest BCUT2D eigenvalue weighted by Gasteiger charge is -2.08. The summed E-state index contributed by atoms with van der Waals surface area (Å²) in [4.78, 5) is 3.02. The van der Waals surface area contributed by atoms with Gasteiger partial charge in [-0.15, -0.1) is 0 Å². The van der Waals surface area contributed by atoms with Gasteiger partial charge in [0.2, 0.25) is 10.0 Å². The van der Waals surface area contributed by atoms with Crippen LogP contribution in [0.5, 0.6) is 0 Å². The second kappa shape index (κ2) is 4.68. The molecule has 18 heavy (non-hydrogen) atoms. The van der Waals surface area contributed by atoms with Crippen LogP contribution in [0.15, 0.2) is 35.4 Å². The average molecular weight is 283 g/mol. The van der Waals surface area contributed by atoms with Gasteiger partial charge in [0.15, 0.2) is 4.77 Å². The lowest BCUT2D eigenvalue weighted by atomic mass is 10.3. The van der Waals surface area contributed by atoms with Crippen molar-refractivity contribution >= 4 is 22.2 Å². The van der Waals surface area contributed by atoms with Crippen LogP contribution in [0.4, 0.5) is 0 Å². The molecule has 96 valence electrons. The molecule has 0 spiro atoms. The molecule has 0 bridgehead atoms. The number of aromatic nitrogens is 2. The van der Waals surface area contributed by atoms with Crippen molar-refractivity contribution in [1.29, 1.82) is 0 Å². The number of sulfonamides is 1. The molecule has 0 atom stereocenters. The van der Waals surface area contributed by atoms with Gasteiger partial charge in [-0.3, -0.25) is 4.57 Å². The molecule has 7 heteroatoms. The van der Waals surface area contributed by atoms with Crippen LogP contribution in [0.3, 0.4) is 0 Å². The zero-order valence-corrected chi connectivity index (χ0v) is 11.4. The quantitative estimate of drug-likeness (QED) is 0.842. The Morgan fingerprint density at radius 3 is 2.78 bits per heavy atom. The second-order valence-corrected chi connectivity index (χ2v) is 5.76. The van der Waals surface area contributed by atoms with Crippen molar-refractivity contribution < 1.29 is 8.42 Å². The topological polar surface area (TPSA) is 80.9 Å². The lowest BCUT2D eigenvalue weighted by molar-refractivity contribution is 0.597. The molecule has 1 aromatic heterocycles. The number of imidazole rings is 1. The Kier molecular flexibility index (Phi) is 3.38. The van der Waals surface area contributed by atoms with Crippen molar-refractivity contribution in [1.82, 2.24) is 9.55 Å². The van der Waals surface area contributed by atoms with Crippen LogP contribution in [-0.2, 0) is 16.4 Å². The van der Waals surface area contributed by atoms with Crippen molar-refractivity contribution in [2.45, 2.75) is 18.2 Å². The highest BCUT2D eigenvalue weighted by atomic mass is 32.2. The van der Waals surface area contributed by atoms with Gasteiger partial charge in [0.25, 0.3) is 0 Å². The minimum absolute atomic E-state index is 0.0742. The summed E-state index contributed by atoms with van der Waals surface area (Å²) in [7, 11) is -3.71. The molecule has 0 saturated carbocycles. The van der Waals surface area contributed by atoms with Crippen LogP contribution in [0.25, 0.3) is 5.69 Å². The minimum Gasteiger partial charge on any atom is -0.337 e. The maximum Gasteiger partial charge on any atom is 0.238 e. The third-order valence-corrected chi connectivity index (χ3v) is 3.83. The monoisotopic (exact) mass is 283 g/mol. The summed E-state index contributed by atoms with van der Waals surface area (Å²) >= 11 is 5.18. The highest BCUT2D eigenvalue weighted by molar-refractivity contribution is 7.89. The molecule has 5 nitrogen and oxygen atoms in total. The summed E-state index contributed by atoms with van der Waals surface area (Å²) in [5, 5.41) is 5.12. The first-order valence-electron chi connectivity index (χ1n) is 5.36. The summed E-state index contributed by atoms with van der Waals surface area (Å²) in [6.45, 7) is 2.00. The van der Waals surface area contributed by atoms with Crippen LogP contribution in [0, 0.1) is 4.77 Å². The molecule has 1 aromatic carbocycles. The zero-order valence-electron chi connectivity index (χ0n) is 9.75. The Hall–Kier alpha value is -1.44. The van der Waals surface area contributed by atoms with E-state index in [1.807, 2.05) is 13.1 Å². The first kappa shape index (κ1) is 13.0. The van der Waals surface area contributed by atoms with Crippen molar-refractivity contribution in [2.75, 3.05) is 0 Å². The normalized spacial score (nSPS) is 11.7. The molecule has 0 saturated heterocycles. The van der Waals surface area contributed by atoms with Gasteiger partial charge in [0, 0.05) is 17.6 Å². The highest BCUT2D eigenvalue weighted by Gasteiger charge is 2.10. The largest absolute Gasteiger partial charge is 0.337 e. The molecule has 0 amide bonds. The van der Waals surface area contributed by atoms with E-state index in [0.717, 1.165) is 12.1 Å². The van der Waals surface area contributed by atoms with E-state index in [2.05, 4.69) is 4.98 Å². The van der Waals surface area contributed by atoms with E-state index in [9.17, 15) is 8.42 Å². The fourth-order valence-electron chi connectivity index (χ4n) is 1.75. The number of nitrogens with two attached hydrogens (primary N) is 1. The van der Waals surface area contributed by atoms with Crippen molar-refractivity contribution in [2.24, 2.45) is 5.14 Å². The van der Waals surface area contributed by atoms with E-state index in [1.165, 1.54) is 12.1 Å². The summed E-state index contributed by atoms with van der Waals surface area (Å²) in [6.07, 6.45) is 2.60. The predicted molar refractivity (Wildman–Crippen MR) is 71.7 cm³/mol. The van der Waals surface area contributed by atoms with E-state index in [4.69, 9.17) is 17.4 Å². The van der Waals surface area contributed by atoms with Crippen LogP contribution in [-0.4, -0.2) is 18.0 Å². The Bertz CT molecular complexity index is 729. The second-order valence-electron chi connectivity index (χ2n) is 3.82. The number of nitrogens with zero attached hydrogens (tertiary/aromatic N) is 1. The molecule has 0 aliphatic rings. The van der Waals surface area contributed by atoms with Crippen LogP contribution < -0.4 is 5.14 Å². The number of aromatic amines is 1. The van der Waals surface area contributed by atoms with Gasteiger partial charge in [-0.05, 0) is 36.8 Å². The molecule has 0 fully saturated rings. The highest BCUT2D eigenvalue weighted by Crippen LogP contribution is 2.17. The fraction of sp³-hybridized carbons (Fsp3) is 0.182. The Morgan fingerprint density at radius 1 is 1.44 bits per heavy atom. The number of benzene rings is 1. The van der Waals surface area contributed by atoms with E-state index >= 15 is 0 Å². The molecule has 0 aliphatic carbocycles. The van der Waals surface area contributed by atoms with Gasteiger partial charge in [0.1, 0.15) is 0 Å². The molecule has 3 N–H and O–H groups in total. The average Bonchev–Trinajstić information content (AvgIpc) is 2.69. The van der Waals surface area contributed by atoms with E-state index in [-0.39, 0.29) is 4.90 Å². The van der Waals surface area contributed by atoms with Crippen molar-refractivity contribution in [3.05, 3.63) is 40.9 Å². The van der Waals surface area contributed by atoms with Crippen LogP contribution >= 0.6 is 12.2 Å².